The van der Waals surface area contributed by atoms with Gasteiger partial charge in [0.15, 0.2) is 0 Å². The fraction of sp³-hybridized carbons (Fsp3) is 0.318. The Balaban J connectivity index is 1.26. The SMILES string of the molecule is O=C(NCCN1CCC[C@@H](c2ccccc2)C1)c1ccc(-n2cnnc2)cc1. The van der Waals surface area contributed by atoms with Crippen molar-refractivity contribution in [2.45, 2.75) is 18.8 Å². The first kappa shape index (κ1) is 18.4. The summed E-state index contributed by atoms with van der Waals surface area (Å²) in [5.74, 6) is 0.558. The van der Waals surface area contributed by atoms with Crippen LogP contribution < -0.4 is 5.32 Å². The van der Waals surface area contributed by atoms with Crippen LogP contribution in [0.25, 0.3) is 5.69 Å². The molecule has 1 atom stereocenters. The van der Waals surface area contributed by atoms with Crippen molar-refractivity contribution in [2.24, 2.45) is 0 Å². The molecule has 144 valence electrons. The average molecular weight is 375 g/mol. The number of aromatic nitrogens is 3. The second-order valence-electron chi connectivity index (χ2n) is 7.22. The number of amides is 1. The lowest BCUT2D eigenvalue weighted by molar-refractivity contribution is 0.0945. The third-order valence-electron chi connectivity index (χ3n) is 5.34. The molecule has 1 aliphatic rings. The molecule has 0 bridgehead atoms. The Kier molecular flexibility index (Phi) is 5.77. The van der Waals surface area contributed by atoms with Gasteiger partial charge in [-0.05, 0) is 55.1 Å². The molecular formula is C22H25N5O. The lowest BCUT2D eigenvalue weighted by Gasteiger charge is -2.33. The van der Waals surface area contributed by atoms with Crippen molar-refractivity contribution in [2.75, 3.05) is 26.2 Å². The van der Waals surface area contributed by atoms with Crippen LogP contribution in [-0.2, 0) is 0 Å². The Hall–Kier alpha value is -2.99. The summed E-state index contributed by atoms with van der Waals surface area (Å²) in [6, 6.07) is 18.2. The number of benzene rings is 2. The van der Waals surface area contributed by atoms with Crippen LogP contribution in [0.1, 0.15) is 34.7 Å². The zero-order valence-electron chi connectivity index (χ0n) is 15.9. The largest absolute Gasteiger partial charge is 0.351 e. The van der Waals surface area contributed by atoms with Crippen LogP contribution in [0.4, 0.5) is 0 Å². The second-order valence-corrected chi connectivity index (χ2v) is 7.22. The summed E-state index contributed by atoms with van der Waals surface area (Å²) in [4.78, 5) is 14.9. The van der Waals surface area contributed by atoms with Crippen LogP contribution in [-0.4, -0.2) is 51.8 Å². The first-order chi connectivity index (χ1) is 13.8. The predicted octanol–water partition coefficient (Wildman–Crippen LogP) is 2.88. The number of hydrogen-bond acceptors (Lipinski definition) is 4. The maximum Gasteiger partial charge on any atom is 0.251 e. The highest BCUT2D eigenvalue weighted by Crippen LogP contribution is 2.26. The summed E-state index contributed by atoms with van der Waals surface area (Å²) in [5, 5.41) is 10.6. The van der Waals surface area contributed by atoms with Gasteiger partial charge in [-0.3, -0.25) is 9.36 Å². The summed E-state index contributed by atoms with van der Waals surface area (Å²) in [6.45, 7) is 3.71. The van der Waals surface area contributed by atoms with Gasteiger partial charge in [-0.2, -0.15) is 0 Å². The van der Waals surface area contributed by atoms with E-state index in [1.807, 2.05) is 24.3 Å². The van der Waals surface area contributed by atoms with E-state index in [9.17, 15) is 4.79 Å². The van der Waals surface area contributed by atoms with Crippen molar-refractivity contribution in [3.05, 3.63) is 78.4 Å². The maximum absolute atomic E-state index is 12.4. The molecule has 1 aliphatic heterocycles. The van der Waals surface area contributed by atoms with Crippen molar-refractivity contribution < 1.29 is 4.79 Å². The molecule has 2 aromatic carbocycles. The van der Waals surface area contributed by atoms with Crippen LogP contribution in [0.2, 0.25) is 0 Å². The summed E-state index contributed by atoms with van der Waals surface area (Å²) in [6.07, 6.45) is 5.72. The molecule has 28 heavy (non-hydrogen) atoms. The van der Waals surface area contributed by atoms with Crippen LogP contribution in [0.15, 0.2) is 67.3 Å². The molecule has 2 heterocycles. The van der Waals surface area contributed by atoms with Gasteiger partial charge in [0.2, 0.25) is 0 Å². The van der Waals surface area contributed by atoms with E-state index < -0.39 is 0 Å². The normalized spacial score (nSPS) is 17.4. The van der Waals surface area contributed by atoms with Crippen molar-refractivity contribution in [3.63, 3.8) is 0 Å². The molecule has 4 rings (SSSR count). The Morgan fingerprint density at radius 1 is 1.04 bits per heavy atom. The zero-order chi connectivity index (χ0) is 19.2. The molecule has 6 nitrogen and oxygen atoms in total. The van der Waals surface area contributed by atoms with Gasteiger partial charge < -0.3 is 10.2 Å². The third-order valence-corrected chi connectivity index (χ3v) is 5.34. The van der Waals surface area contributed by atoms with Gasteiger partial charge >= 0.3 is 0 Å². The molecule has 1 fully saturated rings. The highest BCUT2D eigenvalue weighted by atomic mass is 16.1. The van der Waals surface area contributed by atoms with Crippen LogP contribution in [0, 0.1) is 0 Å². The number of hydrogen-bond donors (Lipinski definition) is 1. The number of carbonyl (C=O) groups is 1. The standard InChI is InChI=1S/C22H25N5O/c28-22(19-8-10-21(11-9-19)27-16-24-25-17-27)23-12-14-26-13-4-7-20(15-26)18-5-2-1-3-6-18/h1-3,5-6,8-11,16-17,20H,4,7,12-15H2,(H,23,28)/t20-/m1/s1. The number of nitrogens with one attached hydrogen (secondary N) is 1. The van der Waals surface area contributed by atoms with Gasteiger partial charge in [-0.1, -0.05) is 30.3 Å². The van der Waals surface area contributed by atoms with E-state index in [1.165, 1.54) is 18.4 Å². The molecule has 1 saturated heterocycles. The van der Waals surface area contributed by atoms with E-state index >= 15 is 0 Å². The fourth-order valence-corrected chi connectivity index (χ4v) is 3.80. The van der Waals surface area contributed by atoms with Crippen molar-refractivity contribution in [3.8, 4) is 5.69 Å². The average Bonchev–Trinajstić information content (AvgIpc) is 3.30. The number of piperidine rings is 1. The lowest BCUT2D eigenvalue weighted by atomic mass is 9.91. The first-order valence-corrected chi connectivity index (χ1v) is 9.80. The summed E-state index contributed by atoms with van der Waals surface area (Å²) >= 11 is 0. The van der Waals surface area contributed by atoms with E-state index in [0.29, 0.717) is 18.0 Å². The van der Waals surface area contributed by atoms with Gasteiger partial charge in [-0.15, -0.1) is 10.2 Å². The highest BCUT2D eigenvalue weighted by molar-refractivity contribution is 5.94. The van der Waals surface area contributed by atoms with Crippen LogP contribution in [0.5, 0.6) is 0 Å². The van der Waals surface area contributed by atoms with Gasteiger partial charge in [0.1, 0.15) is 12.7 Å². The molecule has 1 N–H and O–H groups in total. The Labute approximate surface area is 165 Å². The first-order valence-electron chi connectivity index (χ1n) is 9.80. The number of likely N-dealkylation sites (tertiary alicyclic amines) is 1. The predicted molar refractivity (Wildman–Crippen MR) is 109 cm³/mol. The molecule has 1 aromatic heterocycles. The van der Waals surface area contributed by atoms with Crippen LogP contribution in [0.3, 0.4) is 0 Å². The Morgan fingerprint density at radius 3 is 2.54 bits per heavy atom. The highest BCUT2D eigenvalue weighted by Gasteiger charge is 2.20. The molecule has 0 radical (unpaired) electrons. The molecule has 6 heteroatoms. The van der Waals surface area contributed by atoms with Crippen LogP contribution >= 0.6 is 0 Å². The number of nitrogens with zero attached hydrogens (tertiary/aromatic N) is 4. The van der Waals surface area contributed by atoms with E-state index in [4.69, 9.17) is 0 Å². The van der Waals surface area contributed by atoms with Crippen molar-refractivity contribution >= 4 is 5.91 Å². The topological polar surface area (TPSA) is 63.1 Å². The van der Waals surface area contributed by atoms with E-state index in [2.05, 4.69) is 50.7 Å². The smallest absolute Gasteiger partial charge is 0.251 e. The fourth-order valence-electron chi connectivity index (χ4n) is 3.80. The Morgan fingerprint density at radius 2 is 1.79 bits per heavy atom. The van der Waals surface area contributed by atoms with Gasteiger partial charge in [0, 0.05) is 30.9 Å². The molecular weight excluding hydrogens is 350 g/mol. The molecule has 0 saturated carbocycles. The molecule has 1 amide bonds. The van der Waals surface area contributed by atoms with Gasteiger partial charge in [-0.25, -0.2) is 0 Å². The third kappa shape index (κ3) is 4.46. The summed E-state index contributed by atoms with van der Waals surface area (Å²) in [5.41, 5.74) is 3.02. The van der Waals surface area contributed by atoms with Crippen molar-refractivity contribution in [1.29, 1.82) is 0 Å². The van der Waals surface area contributed by atoms with E-state index in [0.717, 1.165) is 25.3 Å². The lowest BCUT2D eigenvalue weighted by Crippen LogP contribution is -2.40. The zero-order valence-corrected chi connectivity index (χ0v) is 15.9. The second kappa shape index (κ2) is 8.80. The minimum absolute atomic E-state index is 0.0353. The Bertz CT molecular complexity index is 877. The summed E-state index contributed by atoms with van der Waals surface area (Å²) < 4.78 is 1.81. The molecule has 3 aromatic rings. The molecule has 0 spiro atoms. The quantitative estimate of drug-likeness (QED) is 0.720. The minimum Gasteiger partial charge on any atom is -0.351 e. The monoisotopic (exact) mass is 375 g/mol. The number of carbonyl (C=O) groups excluding carboxylic acids is 1. The minimum atomic E-state index is -0.0353. The summed E-state index contributed by atoms with van der Waals surface area (Å²) in [7, 11) is 0. The molecule has 0 unspecified atom stereocenters. The van der Waals surface area contributed by atoms with Crippen molar-refractivity contribution in [1.82, 2.24) is 25.0 Å². The maximum atomic E-state index is 12.4. The molecule has 0 aliphatic carbocycles. The van der Waals surface area contributed by atoms with Gasteiger partial charge in [0.25, 0.3) is 5.91 Å². The van der Waals surface area contributed by atoms with E-state index in [1.54, 1.807) is 17.2 Å². The number of rotatable bonds is 6. The van der Waals surface area contributed by atoms with Gasteiger partial charge in [0.05, 0.1) is 0 Å². The van der Waals surface area contributed by atoms with E-state index in [-0.39, 0.29) is 5.91 Å².